The highest BCUT2D eigenvalue weighted by Crippen LogP contribution is 2.22. The lowest BCUT2D eigenvalue weighted by molar-refractivity contribution is 0.103. The number of imidazole rings is 1. The van der Waals surface area contributed by atoms with E-state index in [1.165, 1.54) is 12.3 Å². The predicted molar refractivity (Wildman–Crippen MR) is 58.5 cm³/mol. The Kier molecular flexibility index (Phi) is 2.75. The largest absolute Gasteiger partial charge is 0.342 e. The van der Waals surface area contributed by atoms with Crippen molar-refractivity contribution in [3.8, 4) is 0 Å². The molecule has 2 rings (SSSR count). The molecule has 0 fully saturated rings. The Balaban J connectivity index is 2.46. The van der Waals surface area contributed by atoms with Crippen LogP contribution in [-0.2, 0) is 0 Å². The molecule has 0 aliphatic heterocycles. The molecular weight excluding hydrogens is 235 g/mol. The van der Waals surface area contributed by atoms with Gasteiger partial charge in [0.05, 0.1) is 5.02 Å². The number of H-pyrrole nitrogens is 1. The number of aromatic amines is 1. The summed E-state index contributed by atoms with van der Waals surface area (Å²) in [4.78, 5) is 18.4. The van der Waals surface area contributed by atoms with Crippen molar-refractivity contribution in [3.05, 3.63) is 52.0 Å². The molecule has 0 aliphatic rings. The molecule has 1 heterocycles. The standard InChI is InChI=1S/C10H6Cl2N2O/c11-6-1-2-8(12)7(5-6)9(15)10-13-3-4-14-10/h1-5H,(H,13,14). The minimum Gasteiger partial charge on any atom is -0.342 e. The van der Waals surface area contributed by atoms with Crippen molar-refractivity contribution in [2.45, 2.75) is 0 Å². The van der Waals surface area contributed by atoms with Crippen molar-refractivity contribution in [3.63, 3.8) is 0 Å². The number of halogens is 2. The molecule has 0 bridgehead atoms. The molecule has 0 atom stereocenters. The van der Waals surface area contributed by atoms with E-state index < -0.39 is 0 Å². The first-order chi connectivity index (χ1) is 7.18. The Hall–Kier alpha value is -1.32. The van der Waals surface area contributed by atoms with Crippen LogP contribution in [0.25, 0.3) is 0 Å². The van der Waals surface area contributed by atoms with E-state index in [1.54, 1.807) is 18.3 Å². The van der Waals surface area contributed by atoms with Gasteiger partial charge in [-0.15, -0.1) is 0 Å². The van der Waals surface area contributed by atoms with Crippen molar-refractivity contribution < 1.29 is 4.79 Å². The van der Waals surface area contributed by atoms with Gasteiger partial charge in [0.1, 0.15) is 0 Å². The first kappa shape index (κ1) is 10.2. The van der Waals surface area contributed by atoms with Crippen LogP contribution in [0.15, 0.2) is 30.6 Å². The smallest absolute Gasteiger partial charge is 0.229 e. The molecule has 0 aliphatic carbocycles. The van der Waals surface area contributed by atoms with Gasteiger partial charge in [0.2, 0.25) is 5.78 Å². The molecule has 15 heavy (non-hydrogen) atoms. The van der Waals surface area contributed by atoms with Crippen molar-refractivity contribution in [2.75, 3.05) is 0 Å². The molecule has 1 aromatic carbocycles. The maximum atomic E-state index is 11.8. The van der Waals surface area contributed by atoms with Crippen LogP contribution in [0.5, 0.6) is 0 Å². The Morgan fingerprint density at radius 2 is 2.13 bits per heavy atom. The molecule has 0 saturated heterocycles. The van der Waals surface area contributed by atoms with E-state index in [0.29, 0.717) is 15.6 Å². The summed E-state index contributed by atoms with van der Waals surface area (Å²) in [6, 6.07) is 4.73. The topological polar surface area (TPSA) is 45.8 Å². The van der Waals surface area contributed by atoms with Crippen LogP contribution >= 0.6 is 23.2 Å². The van der Waals surface area contributed by atoms with Crippen molar-refractivity contribution in [2.24, 2.45) is 0 Å². The van der Waals surface area contributed by atoms with E-state index in [1.807, 2.05) is 0 Å². The number of aromatic nitrogens is 2. The van der Waals surface area contributed by atoms with Gasteiger partial charge in [0.25, 0.3) is 0 Å². The number of nitrogens with one attached hydrogen (secondary N) is 1. The number of hydrogen-bond donors (Lipinski definition) is 1. The third-order valence-corrected chi connectivity index (χ3v) is 2.45. The summed E-state index contributed by atoms with van der Waals surface area (Å²) in [5.74, 6) is -0.0216. The number of carbonyl (C=O) groups is 1. The van der Waals surface area contributed by atoms with E-state index in [9.17, 15) is 4.79 Å². The Bertz CT molecular complexity index is 494. The highest BCUT2D eigenvalue weighted by Gasteiger charge is 2.14. The number of benzene rings is 1. The summed E-state index contributed by atoms with van der Waals surface area (Å²) in [7, 11) is 0. The summed E-state index contributed by atoms with van der Waals surface area (Å²) in [5, 5.41) is 0.829. The Morgan fingerprint density at radius 1 is 1.33 bits per heavy atom. The number of carbonyl (C=O) groups excluding carboxylic acids is 1. The molecule has 0 saturated carbocycles. The molecule has 0 amide bonds. The molecular formula is C10H6Cl2N2O. The fourth-order valence-electron chi connectivity index (χ4n) is 1.19. The lowest BCUT2D eigenvalue weighted by Crippen LogP contribution is -2.04. The molecule has 1 aromatic heterocycles. The highest BCUT2D eigenvalue weighted by molar-refractivity contribution is 6.36. The van der Waals surface area contributed by atoms with Gasteiger partial charge in [-0.25, -0.2) is 4.98 Å². The van der Waals surface area contributed by atoms with Gasteiger partial charge in [-0.2, -0.15) is 0 Å². The fraction of sp³-hybridized carbons (Fsp3) is 0. The third kappa shape index (κ3) is 2.03. The fourth-order valence-corrected chi connectivity index (χ4v) is 1.56. The number of hydrogen-bond acceptors (Lipinski definition) is 2. The SMILES string of the molecule is O=C(c1ncc[nH]1)c1cc(Cl)ccc1Cl. The first-order valence-corrected chi connectivity index (χ1v) is 4.93. The van der Waals surface area contributed by atoms with Gasteiger partial charge in [-0.05, 0) is 18.2 Å². The first-order valence-electron chi connectivity index (χ1n) is 4.17. The van der Waals surface area contributed by atoms with Crippen molar-refractivity contribution in [1.29, 1.82) is 0 Å². The van der Waals surface area contributed by atoms with E-state index in [0.717, 1.165) is 0 Å². The Morgan fingerprint density at radius 3 is 2.80 bits per heavy atom. The van der Waals surface area contributed by atoms with E-state index in [2.05, 4.69) is 9.97 Å². The minimum atomic E-state index is -0.271. The zero-order chi connectivity index (χ0) is 10.8. The minimum absolute atomic E-state index is 0.249. The second-order valence-corrected chi connectivity index (χ2v) is 3.73. The van der Waals surface area contributed by atoms with Crippen LogP contribution in [0.1, 0.15) is 16.2 Å². The van der Waals surface area contributed by atoms with Gasteiger partial charge < -0.3 is 4.98 Å². The van der Waals surface area contributed by atoms with Gasteiger partial charge in [-0.1, -0.05) is 23.2 Å². The summed E-state index contributed by atoms with van der Waals surface area (Å²) in [6.45, 7) is 0. The summed E-state index contributed by atoms with van der Waals surface area (Å²) >= 11 is 11.7. The second kappa shape index (κ2) is 4.04. The molecule has 1 N–H and O–H groups in total. The van der Waals surface area contributed by atoms with Crippen LogP contribution < -0.4 is 0 Å². The predicted octanol–water partition coefficient (Wildman–Crippen LogP) is 2.95. The van der Waals surface area contributed by atoms with Gasteiger partial charge in [0, 0.05) is 23.0 Å². The van der Waals surface area contributed by atoms with E-state index in [-0.39, 0.29) is 11.6 Å². The van der Waals surface area contributed by atoms with Crippen LogP contribution in [-0.4, -0.2) is 15.8 Å². The number of nitrogens with zero attached hydrogens (tertiary/aromatic N) is 1. The zero-order valence-electron chi connectivity index (χ0n) is 7.50. The van der Waals surface area contributed by atoms with Crippen LogP contribution in [0.2, 0.25) is 10.0 Å². The normalized spacial score (nSPS) is 10.3. The van der Waals surface area contributed by atoms with Crippen LogP contribution in [0.3, 0.4) is 0 Å². The third-order valence-electron chi connectivity index (χ3n) is 1.89. The van der Waals surface area contributed by atoms with Crippen LogP contribution in [0.4, 0.5) is 0 Å². The quantitative estimate of drug-likeness (QED) is 0.821. The van der Waals surface area contributed by atoms with Gasteiger partial charge in [-0.3, -0.25) is 4.79 Å². The summed E-state index contributed by atoms with van der Waals surface area (Å²) in [6.07, 6.45) is 3.08. The van der Waals surface area contributed by atoms with E-state index in [4.69, 9.17) is 23.2 Å². The average molecular weight is 241 g/mol. The summed E-state index contributed by atoms with van der Waals surface area (Å²) < 4.78 is 0. The van der Waals surface area contributed by atoms with Crippen LogP contribution in [0, 0.1) is 0 Å². The Labute approximate surface area is 96.1 Å². The number of ketones is 1. The maximum absolute atomic E-state index is 11.8. The van der Waals surface area contributed by atoms with Crippen molar-refractivity contribution in [1.82, 2.24) is 9.97 Å². The lowest BCUT2D eigenvalue weighted by atomic mass is 10.1. The van der Waals surface area contributed by atoms with Gasteiger partial charge in [0.15, 0.2) is 5.82 Å². The highest BCUT2D eigenvalue weighted by atomic mass is 35.5. The van der Waals surface area contributed by atoms with Gasteiger partial charge >= 0.3 is 0 Å². The summed E-state index contributed by atoms with van der Waals surface area (Å²) in [5.41, 5.74) is 0.346. The molecule has 76 valence electrons. The molecule has 3 nitrogen and oxygen atoms in total. The lowest BCUT2D eigenvalue weighted by Gasteiger charge is -2.01. The maximum Gasteiger partial charge on any atom is 0.229 e. The molecule has 0 spiro atoms. The molecule has 5 heteroatoms. The average Bonchev–Trinajstić information content (AvgIpc) is 2.74. The van der Waals surface area contributed by atoms with E-state index >= 15 is 0 Å². The van der Waals surface area contributed by atoms with Crippen molar-refractivity contribution >= 4 is 29.0 Å². The molecule has 0 radical (unpaired) electrons. The monoisotopic (exact) mass is 240 g/mol. The second-order valence-electron chi connectivity index (χ2n) is 2.89. The number of rotatable bonds is 2. The zero-order valence-corrected chi connectivity index (χ0v) is 9.01. The molecule has 0 unspecified atom stereocenters. The molecule has 2 aromatic rings.